The zero-order chi connectivity index (χ0) is 13.6. The number of H-pyrrole nitrogens is 1. The molecule has 0 bridgehead atoms. The number of hydrogen-bond donors (Lipinski definition) is 5. The Morgan fingerprint density at radius 2 is 2.00 bits per heavy atom. The van der Waals surface area contributed by atoms with Crippen molar-refractivity contribution in [3.05, 3.63) is 12.0 Å². The number of nitrogens with two attached hydrogens (primary N) is 1. The van der Waals surface area contributed by atoms with E-state index in [9.17, 15) is 10.2 Å². The van der Waals surface area contributed by atoms with Gasteiger partial charge in [0.1, 0.15) is 36.3 Å². The van der Waals surface area contributed by atoms with Gasteiger partial charge in [0.2, 0.25) is 0 Å². The van der Waals surface area contributed by atoms with E-state index in [-0.39, 0.29) is 22.8 Å². The van der Waals surface area contributed by atoms with E-state index in [2.05, 4.69) is 20.2 Å². The summed E-state index contributed by atoms with van der Waals surface area (Å²) in [5.41, 5.74) is 6.84. The second-order valence-corrected chi connectivity index (χ2v) is 4.35. The van der Waals surface area contributed by atoms with E-state index < -0.39 is 31.0 Å². The van der Waals surface area contributed by atoms with Gasteiger partial charge in [-0.1, -0.05) is 0 Å². The number of nitrogen functional groups attached to an aromatic ring is 1. The molecule has 3 rings (SSSR count). The van der Waals surface area contributed by atoms with Crippen molar-refractivity contribution >= 4 is 33.8 Å². The van der Waals surface area contributed by atoms with Crippen LogP contribution < -0.4 is 5.73 Å². The lowest BCUT2D eigenvalue weighted by molar-refractivity contribution is -0.0236. The third-order valence-corrected chi connectivity index (χ3v) is 3.22. The third-order valence-electron chi connectivity index (χ3n) is 3.22. The number of nitrogens with one attached hydrogen (secondary N) is 1. The van der Waals surface area contributed by atoms with Gasteiger partial charge in [0.25, 0.3) is 0 Å². The minimum Gasteiger partial charge on any atom is -0.394 e. The number of halogens is 1. The smallest absolute Gasteiger partial charge is 0.155 e. The molecule has 1 fully saturated rings. The molecule has 0 aliphatic carbocycles. The van der Waals surface area contributed by atoms with Crippen LogP contribution in [0.5, 0.6) is 0 Å². The molecular weight excluding hydrogens is 334 g/mol. The van der Waals surface area contributed by atoms with Crippen LogP contribution in [0.1, 0.15) is 11.8 Å². The number of ether oxygens (including phenoxy) is 1. The maximum atomic E-state index is 9.95. The van der Waals surface area contributed by atoms with Gasteiger partial charge in [-0.2, -0.15) is 5.10 Å². The zero-order valence-corrected chi connectivity index (χ0v) is 11.9. The molecular formula is C10H14BrN5O4. The summed E-state index contributed by atoms with van der Waals surface area (Å²) < 4.78 is 5.40. The monoisotopic (exact) mass is 347 g/mol. The summed E-state index contributed by atoms with van der Waals surface area (Å²) in [5.74, 6) is 0.208. The molecule has 2 aromatic heterocycles. The van der Waals surface area contributed by atoms with Gasteiger partial charge in [0.05, 0.1) is 12.3 Å². The van der Waals surface area contributed by atoms with E-state index in [1.165, 1.54) is 6.33 Å². The Morgan fingerprint density at radius 1 is 1.25 bits per heavy atom. The highest BCUT2D eigenvalue weighted by atomic mass is 79.9. The van der Waals surface area contributed by atoms with Crippen molar-refractivity contribution in [2.45, 2.75) is 24.4 Å². The van der Waals surface area contributed by atoms with Gasteiger partial charge in [-0.05, 0) is 0 Å². The lowest BCUT2D eigenvalue weighted by Gasteiger charge is -2.12. The number of nitrogens with zero attached hydrogens (tertiary/aromatic N) is 3. The molecule has 0 amide bonds. The normalized spacial score (nSPS) is 29.6. The minimum atomic E-state index is -1.18. The molecule has 10 heteroatoms. The van der Waals surface area contributed by atoms with Crippen LogP contribution in [0.4, 0.5) is 5.82 Å². The second-order valence-electron chi connectivity index (χ2n) is 4.35. The lowest BCUT2D eigenvalue weighted by atomic mass is 10.1. The molecule has 1 aliphatic rings. The topological polar surface area (TPSA) is 150 Å². The van der Waals surface area contributed by atoms with Gasteiger partial charge in [-0.15, -0.1) is 17.0 Å². The Kier molecular flexibility index (Phi) is 4.20. The summed E-state index contributed by atoms with van der Waals surface area (Å²) in [6.45, 7) is -0.391. The summed E-state index contributed by atoms with van der Waals surface area (Å²) in [6, 6.07) is 0. The number of hydrogen-bond acceptors (Lipinski definition) is 8. The predicted octanol–water partition coefficient (Wildman–Crippen LogP) is -1.33. The predicted molar refractivity (Wildman–Crippen MR) is 73.1 cm³/mol. The fourth-order valence-corrected chi connectivity index (χ4v) is 2.21. The Bertz CT molecular complexity index is 608. The third kappa shape index (κ3) is 2.15. The van der Waals surface area contributed by atoms with Crippen molar-refractivity contribution in [1.82, 2.24) is 20.2 Å². The van der Waals surface area contributed by atoms with Crippen molar-refractivity contribution in [1.29, 1.82) is 0 Å². The van der Waals surface area contributed by atoms with Crippen LogP contribution in [0.3, 0.4) is 0 Å². The molecule has 0 aromatic carbocycles. The van der Waals surface area contributed by atoms with E-state index in [4.69, 9.17) is 15.6 Å². The van der Waals surface area contributed by atoms with Gasteiger partial charge in [-0.3, -0.25) is 5.10 Å². The summed E-state index contributed by atoms with van der Waals surface area (Å²) in [7, 11) is 0. The zero-order valence-electron chi connectivity index (χ0n) is 10.2. The second kappa shape index (κ2) is 5.58. The van der Waals surface area contributed by atoms with Crippen molar-refractivity contribution in [2.24, 2.45) is 0 Å². The Balaban J connectivity index is 0.00000147. The molecule has 0 saturated carbocycles. The molecule has 110 valence electrons. The van der Waals surface area contributed by atoms with Crippen LogP contribution in [0.2, 0.25) is 0 Å². The number of rotatable bonds is 2. The first kappa shape index (κ1) is 15.1. The molecule has 0 spiro atoms. The van der Waals surface area contributed by atoms with Crippen molar-refractivity contribution in [2.75, 3.05) is 12.3 Å². The van der Waals surface area contributed by atoms with Gasteiger partial charge in [-0.25, -0.2) is 9.97 Å². The highest BCUT2D eigenvalue weighted by Crippen LogP contribution is 2.35. The van der Waals surface area contributed by atoms with E-state index in [0.29, 0.717) is 16.7 Å². The van der Waals surface area contributed by atoms with Crippen LogP contribution in [-0.2, 0) is 4.74 Å². The maximum Gasteiger partial charge on any atom is 0.155 e. The Morgan fingerprint density at radius 3 is 2.65 bits per heavy atom. The van der Waals surface area contributed by atoms with Crippen LogP contribution >= 0.6 is 17.0 Å². The molecule has 1 aliphatic heterocycles. The fourth-order valence-electron chi connectivity index (χ4n) is 2.21. The Hall–Kier alpha value is -1.33. The lowest BCUT2D eigenvalue weighted by Crippen LogP contribution is -2.32. The first-order valence-electron chi connectivity index (χ1n) is 5.70. The molecule has 9 nitrogen and oxygen atoms in total. The van der Waals surface area contributed by atoms with Crippen LogP contribution in [-0.4, -0.2) is 60.4 Å². The van der Waals surface area contributed by atoms with Crippen molar-refractivity contribution in [3.63, 3.8) is 0 Å². The van der Waals surface area contributed by atoms with Crippen molar-refractivity contribution < 1.29 is 20.1 Å². The minimum absolute atomic E-state index is 0. The molecule has 3 heterocycles. The Labute approximate surface area is 123 Å². The van der Waals surface area contributed by atoms with E-state index >= 15 is 0 Å². The highest BCUT2D eigenvalue weighted by Gasteiger charge is 2.44. The van der Waals surface area contributed by atoms with Crippen LogP contribution in [0.25, 0.3) is 11.0 Å². The van der Waals surface area contributed by atoms with E-state index in [1.54, 1.807) is 0 Å². The highest BCUT2D eigenvalue weighted by molar-refractivity contribution is 8.93. The first-order valence-corrected chi connectivity index (χ1v) is 5.70. The number of aromatic nitrogens is 4. The molecule has 0 radical (unpaired) electrons. The largest absolute Gasteiger partial charge is 0.394 e. The first-order chi connectivity index (χ1) is 9.13. The number of fused-ring (bicyclic) bond motifs is 1. The number of aliphatic hydroxyl groups is 3. The molecule has 4 atom stereocenters. The average Bonchev–Trinajstić information content (AvgIpc) is 2.94. The fraction of sp³-hybridized carbons (Fsp3) is 0.500. The van der Waals surface area contributed by atoms with Crippen molar-refractivity contribution in [3.8, 4) is 0 Å². The van der Waals surface area contributed by atoms with Crippen LogP contribution in [0, 0.1) is 0 Å². The molecule has 0 unspecified atom stereocenters. The van der Waals surface area contributed by atoms with Crippen LogP contribution in [0.15, 0.2) is 6.33 Å². The van der Waals surface area contributed by atoms with Gasteiger partial charge in [0, 0.05) is 0 Å². The summed E-state index contributed by atoms with van der Waals surface area (Å²) in [5, 5.41) is 35.4. The molecule has 20 heavy (non-hydrogen) atoms. The summed E-state index contributed by atoms with van der Waals surface area (Å²) in [6.07, 6.45) is -2.79. The average molecular weight is 348 g/mol. The molecule has 6 N–H and O–H groups in total. The van der Waals surface area contributed by atoms with Gasteiger partial charge < -0.3 is 25.8 Å². The summed E-state index contributed by atoms with van der Waals surface area (Å²) in [4.78, 5) is 7.84. The SMILES string of the molecule is Br.Nc1ncnc2c([C@@H]3O[C@H](CO)[C@@H](O)[C@H]3O)[nH]nc12. The number of anilines is 1. The summed E-state index contributed by atoms with van der Waals surface area (Å²) >= 11 is 0. The molecule has 2 aromatic rings. The van der Waals surface area contributed by atoms with Gasteiger partial charge >= 0.3 is 0 Å². The number of aliphatic hydroxyl groups excluding tert-OH is 3. The quantitative estimate of drug-likeness (QED) is 0.448. The van der Waals surface area contributed by atoms with Gasteiger partial charge in [0.15, 0.2) is 11.3 Å². The van der Waals surface area contributed by atoms with E-state index in [1.807, 2.05) is 0 Å². The standard InChI is InChI=1S/C10H13N5O4.BrH/c11-10-6-4(12-2-13-10)5(14-15-6)9-8(18)7(17)3(1-16)19-9;/h2-3,7-9,16-18H,1H2,(H,14,15)(H2,11,12,13);1H/t3-,7-,8-,9+;/m1./s1. The maximum absolute atomic E-state index is 9.95. The molecule has 1 saturated heterocycles. The van der Waals surface area contributed by atoms with E-state index in [0.717, 1.165) is 0 Å². The number of aromatic amines is 1.